The molecule has 6 nitrogen and oxygen atoms in total. The number of hydrogen-bond acceptors (Lipinski definition) is 6. The molecule has 0 atom stereocenters. The Morgan fingerprint density at radius 2 is 1.93 bits per heavy atom. The molecule has 0 fully saturated rings. The summed E-state index contributed by atoms with van der Waals surface area (Å²) in [6, 6.07) is 15.2. The molecule has 8 heteroatoms. The first kappa shape index (κ1) is 18.4. The minimum atomic E-state index is -0.479. The van der Waals surface area contributed by atoms with Crippen molar-refractivity contribution < 1.29 is 13.9 Å². The number of nitrogens with zero attached hydrogens (tertiary/aromatic N) is 2. The molecule has 0 radical (unpaired) electrons. The number of rotatable bonds is 4. The number of halogens is 2. The van der Waals surface area contributed by atoms with Gasteiger partial charge in [0, 0.05) is 23.3 Å². The van der Waals surface area contributed by atoms with Crippen molar-refractivity contribution in [1.29, 1.82) is 0 Å². The lowest BCUT2D eigenvalue weighted by Crippen LogP contribution is -2.18. The predicted molar refractivity (Wildman–Crippen MR) is 115 cm³/mol. The molecule has 5 rings (SSSR count). The van der Waals surface area contributed by atoms with Gasteiger partial charge in [-0.2, -0.15) is 0 Å². The summed E-state index contributed by atoms with van der Waals surface area (Å²) >= 11 is 5.91. The fraction of sp³-hybridized carbons (Fsp3) is 0.0909. The van der Waals surface area contributed by atoms with Crippen molar-refractivity contribution in [2.24, 2.45) is 0 Å². The van der Waals surface area contributed by atoms with E-state index in [-0.39, 0.29) is 5.75 Å². The lowest BCUT2D eigenvalue weighted by atomic mass is 10.1. The van der Waals surface area contributed by atoms with Crippen molar-refractivity contribution in [3.8, 4) is 17.2 Å². The molecule has 30 heavy (non-hydrogen) atoms. The number of fused-ring (bicyclic) bond motifs is 3. The van der Waals surface area contributed by atoms with E-state index in [2.05, 4.69) is 20.6 Å². The summed E-state index contributed by atoms with van der Waals surface area (Å²) in [5.74, 6) is 1.45. The molecular formula is C22H16ClFN4O2. The summed E-state index contributed by atoms with van der Waals surface area (Å²) in [7, 11) is 0. The lowest BCUT2D eigenvalue weighted by Gasteiger charge is -2.21. The molecule has 0 bridgehead atoms. The van der Waals surface area contributed by atoms with Gasteiger partial charge in [0.15, 0.2) is 17.3 Å². The first-order chi connectivity index (χ1) is 14.7. The summed E-state index contributed by atoms with van der Waals surface area (Å²) < 4.78 is 25.4. The molecule has 1 aliphatic heterocycles. The van der Waals surface area contributed by atoms with Gasteiger partial charge < -0.3 is 20.1 Å². The van der Waals surface area contributed by atoms with E-state index in [1.165, 1.54) is 24.5 Å². The average molecular weight is 423 g/mol. The van der Waals surface area contributed by atoms with Crippen LogP contribution in [0.4, 0.5) is 21.6 Å². The fourth-order valence-corrected chi connectivity index (χ4v) is 3.43. The quantitative estimate of drug-likeness (QED) is 0.435. The Morgan fingerprint density at radius 1 is 1.07 bits per heavy atom. The Bertz CT molecular complexity index is 1230. The highest BCUT2D eigenvalue weighted by Gasteiger charge is 2.17. The van der Waals surface area contributed by atoms with Gasteiger partial charge in [-0.25, -0.2) is 14.4 Å². The summed E-state index contributed by atoms with van der Waals surface area (Å²) in [5, 5.41) is 7.83. The van der Waals surface area contributed by atoms with Gasteiger partial charge in [-0.15, -0.1) is 0 Å². The summed E-state index contributed by atoms with van der Waals surface area (Å²) in [4.78, 5) is 8.74. The van der Waals surface area contributed by atoms with Crippen LogP contribution in [-0.4, -0.2) is 23.1 Å². The van der Waals surface area contributed by atoms with E-state index in [0.29, 0.717) is 23.2 Å². The first-order valence-electron chi connectivity index (χ1n) is 9.32. The van der Waals surface area contributed by atoms with E-state index < -0.39 is 5.82 Å². The number of hydrogen-bond donors (Lipinski definition) is 2. The van der Waals surface area contributed by atoms with Crippen LogP contribution >= 0.6 is 11.6 Å². The Labute approximate surface area is 176 Å². The van der Waals surface area contributed by atoms with Crippen LogP contribution in [0.25, 0.3) is 10.9 Å². The Balaban J connectivity index is 1.42. The minimum Gasteiger partial charge on any atom is -0.489 e. The fourth-order valence-electron chi connectivity index (χ4n) is 3.27. The average Bonchev–Trinajstić information content (AvgIpc) is 2.77. The van der Waals surface area contributed by atoms with Gasteiger partial charge in [-0.1, -0.05) is 11.6 Å². The summed E-state index contributed by atoms with van der Waals surface area (Å²) in [6.07, 6.45) is 1.51. The van der Waals surface area contributed by atoms with Crippen LogP contribution in [0.1, 0.15) is 0 Å². The van der Waals surface area contributed by atoms with E-state index in [4.69, 9.17) is 21.1 Å². The Hall–Kier alpha value is -3.58. The predicted octanol–water partition coefficient (Wildman–Crippen LogP) is 5.76. The van der Waals surface area contributed by atoms with Crippen LogP contribution in [0.3, 0.4) is 0 Å². The van der Waals surface area contributed by atoms with Crippen LogP contribution < -0.4 is 20.1 Å². The smallest absolute Gasteiger partial charge is 0.165 e. The zero-order valence-electron chi connectivity index (χ0n) is 15.7. The molecule has 2 N–H and O–H groups in total. The number of nitrogens with one attached hydrogen (secondary N) is 2. The molecule has 0 spiro atoms. The molecule has 3 aromatic carbocycles. The van der Waals surface area contributed by atoms with Crippen LogP contribution in [0, 0.1) is 5.82 Å². The number of aromatic nitrogens is 2. The zero-order chi connectivity index (χ0) is 20.5. The van der Waals surface area contributed by atoms with Gasteiger partial charge in [0.2, 0.25) is 0 Å². The van der Waals surface area contributed by atoms with Crippen molar-refractivity contribution in [1.82, 2.24) is 9.97 Å². The van der Waals surface area contributed by atoms with E-state index in [1.54, 1.807) is 12.1 Å². The van der Waals surface area contributed by atoms with Gasteiger partial charge >= 0.3 is 0 Å². The molecule has 0 saturated heterocycles. The highest BCUT2D eigenvalue weighted by molar-refractivity contribution is 6.30. The topological polar surface area (TPSA) is 68.3 Å². The van der Waals surface area contributed by atoms with Crippen molar-refractivity contribution in [2.45, 2.75) is 0 Å². The molecule has 2 heterocycles. The SMILES string of the molecule is Fc1ccc(Cl)cc1Oc1ccc(Nc2ncnc3ccc4c(c23)OCCN4)cc1. The second kappa shape index (κ2) is 7.68. The van der Waals surface area contributed by atoms with E-state index in [9.17, 15) is 4.39 Å². The Morgan fingerprint density at radius 3 is 2.80 bits per heavy atom. The minimum absolute atomic E-state index is 0.0706. The van der Waals surface area contributed by atoms with E-state index in [1.807, 2.05) is 24.3 Å². The summed E-state index contributed by atoms with van der Waals surface area (Å²) in [5.41, 5.74) is 2.49. The van der Waals surface area contributed by atoms with Crippen molar-refractivity contribution >= 4 is 39.7 Å². The van der Waals surface area contributed by atoms with Gasteiger partial charge in [-0.3, -0.25) is 0 Å². The van der Waals surface area contributed by atoms with Crippen molar-refractivity contribution in [3.63, 3.8) is 0 Å². The molecule has 4 aromatic rings. The lowest BCUT2D eigenvalue weighted by molar-refractivity contribution is 0.327. The largest absolute Gasteiger partial charge is 0.489 e. The van der Waals surface area contributed by atoms with Gasteiger partial charge in [0.05, 0.1) is 16.6 Å². The molecule has 0 amide bonds. The molecular weight excluding hydrogens is 407 g/mol. The standard InChI is InChI=1S/C22H16ClFN4O2/c23-13-1-6-16(24)19(11-13)30-15-4-2-14(3-5-15)28-22-20-17(26-12-27-22)7-8-18-21(20)29-10-9-25-18/h1-8,11-12,25H,9-10H2,(H,26,27,28). The monoisotopic (exact) mass is 422 g/mol. The number of benzene rings is 3. The highest BCUT2D eigenvalue weighted by atomic mass is 35.5. The van der Waals surface area contributed by atoms with Crippen LogP contribution in [0.2, 0.25) is 5.02 Å². The van der Waals surface area contributed by atoms with Crippen LogP contribution in [0.5, 0.6) is 17.2 Å². The number of anilines is 3. The van der Waals surface area contributed by atoms with E-state index >= 15 is 0 Å². The molecule has 0 saturated carbocycles. The number of ether oxygens (including phenoxy) is 2. The highest BCUT2D eigenvalue weighted by Crippen LogP contribution is 2.39. The molecule has 0 unspecified atom stereocenters. The maximum Gasteiger partial charge on any atom is 0.165 e. The van der Waals surface area contributed by atoms with Gasteiger partial charge in [0.1, 0.15) is 24.5 Å². The summed E-state index contributed by atoms with van der Waals surface area (Å²) in [6.45, 7) is 1.33. The maximum absolute atomic E-state index is 13.9. The zero-order valence-corrected chi connectivity index (χ0v) is 16.4. The third kappa shape index (κ3) is 3.55. The maximum atomic E-state index is 13.9. The molecule has 1 aromatic heterocycles. The second-order valence-electron chi connectivity index (χ2n) is 6.66. The van der Waals surface area contributed by atoms with Gasteiger partial charge in [0.25, 0.3) is 0 Å². The van der Waals surface area contributed by atoms with E-state index in [0.717, 1.165) is 34.6 Å². The van der Waals surface area contributed by atoms with Gasteiger partial charge in [-0.05, 0) is 48.5 Å². The Kier molecular flexibility index (Phi) is 4.72. The first-order valence-corrected chi connectivity index (χ1v) is 9.69. The van der Waals surface area contributed by atoms with Crippen molar-refractivity contribution in [2.75, 3.05) is 23.8 Å². The molecule has 0 aliphatic carbocycles. The van der Waals surface area contributed by atoms with Crippen LogP contribution in [0.15, 0.2) is 60.9 Å². The third-order valence-corrected chi connectivity index (χ3v) is 4.89. The normalized spacial score (nSPS) is 12.6. The van der Waals surface area contributed by atoms with Crippen molar-refractivity contribution in [3.05, 3.63) is 71.8 Å². The molecule has 150 valence electrons. The molecule has 1 aliphatic rings. The third-order valence-electron chi connectivity index (χ3n) is 4.66. The second-order valence-corrected chi connectivity index (χ2v) is 7.10. The van der Waals surface area contributed by atoms with Crippen LogP contribution in [-0.2, 0) is 0 Å².